The van der Waals surface area contributed by atoms with Crippen LogP contribution in [0.5, 0.6) is 5.75 Å². The van der Waals surface area contributed by atoms with E-state index < -0.39 is 5.97 Å². The van der Waals surface area contributed by atoms with Gasteiger partial charge >= 0.3 is 12.0 Å². The van der Waals surface area contributed by atoms with Crippen LogP contribution in [0, 0.1) is 0 Å². The van der Waals surface area contributed by atoms with Crippen molar-refractivity contribution in [1.82, 2.24) is 4.90 Å². The number of fused-ring (bicyclic) bond motifs is 1. The summed E-state index contributed by atoms with van der Waals surface area (Å²) in [6.45, 7) is 2.62. The van der Waals surface area contributed by atoms with Crippen LogP contribution in [-0.2, 0) is 22.6 Å². The summed E-state index contributed by atoms with van der Waals surface area (Å²) in [6.07, 6.45) is 0. The molecule has 0 bridgehead atoms. The quantitative estimate of drug-likeness (QED) is 0.565. The van der Waals surface area contributed by atoms with Crippen LogP contribution in [-0.4, -0.2) is 50.3 Å². The first kappa shape index (κ1) is 20.1. The Morgan fingerprint density at radius 1 is 1.36 bits per heavy atom. The highest BCUT2D eigenvalue weighted by Crippen LogP contribution is 2.27. The summed E-state index contributed by atoms with van der Waals surface area (Å²) in [5, 5.41) is 4.53. The van der Waals surface area contributed by atoms with Crippen molar-refractivity contribution in [1.29, 1.82) is 0 Å². The summed E-state index contributed by atoms with van der Waals surface area (Å²) in [5.74, 6) is 0.278. The zero-order valence-electron chi connectivity index (χ0n) is 15.6. The minimum absolute atomic E-state index is 0.301. The molecule has 2 heterocycles. The molecule has 8 nitrogen and oxygen atoms in total. The van der Waals surface area contributed by atoms with E-state index in [1.54, 1.807) is 16.3 Å². The summed E-state index contributed by atoms with van der Waals surface area (Å²) < 4.78 is 16.0. The lowest BCUT2D eigenvalue weighted by Gasteiger charge is -2.20. The van der Waals surface area contributed by atoms with E-state index in [-0.39, 0.29) is 6.03 Å². The first-order valence-corrected chi connectivity index (χ1v) is 9.74. The molecule has 9 heteroatoms. The number of nitrogens with two attached hydrogens (primary N) is 1. The molecule has 0 unspecified atom stereocenters. The minimum atomic E-state index is -0.475. The third-order valence-electron chi connectivity index (χ3n) is 4.20. The van der Waals surface area contributed by atoms with Gasteiger partial charge in [-0.05, 0) is 29.1 Å². The van der Waals surface area contributed by atoms with E-state index in [2.05, 4.69) is 5.32 Å². The number of benzene rings is 1. The predicted molar refractivity (Wildman–Crippen MR) is 106 cm³/mol. The summed E-state index contributed by atoms with van der Waals surface area (Å²) >= 11 is 1.22. The summed E-state index contributed by atoms with van der Waals surface area (Å²) in [6, 6.07) is 7.20. The largest absolute Gasteiger partial charge is 0.491 e. The number of hydrogen-bond acceptors (Lipinski definition) is 7. The number of nitrogens with zero attached hydrogens (tertiary/aromatic N) is 1. The molecule has 1 aromatic heterocycles. The number of esters is 1. The zero-order chi connectivity index (χ0) is 19.9. The Bertz CT molecular complexity index is 839. The zero-order valence-corrected chi connectivity index (χ0v) is 16.4. The Balaban J connectivity index is 1.70. The van der Waals surface area contributed by atoms with Crippen LogP contribution in [0.25, 0.3) is 0 Å². The molecule has 3 rings (SSSR count). The lowest BCUT2D eigenvalue weighted by Crippen LogP contribution is -2.36. The molecule has 0 saturated carbocycles. The molecule has 0 aliphatic carbocycles. The average Bonchev–Trinajstić information content (AvgIpc) is 3.05. The van der Waals surface area contributed by atoms with Gasteiger partial charge in [-0.1, -0.05) is 6.07 Å². The molecule has 3 N–H and O–H groups in total. The number of ether oxygens (including phenoxy) is 3. The van der Waals surface area contributed by atoms with Crippen molar-refractivity contribution in [2.75, 3.05) is 38.7 Å². The minimum Gasteiger partial charge on any atom is -0.491 e. The number of rotatable bonds is 6. The summed E-state index contributed by atoms with van der Waals surface area (Å²) in [4.78, 5) is 26.6. The first-order chi connectivity index (χ1) is 13.6. The van der Waals surface area contributed by atoms with Crippen LogP contribution < -0.4 is 15.8 Å². The van der Waals surface area contributed by atoms with E-state index in [0.717, 1.165) is 16.9 Å². The van der Waals surface area contributed by atoms with Gasteiger partial charge in [0, 0.05) is 12.1 Å². The van der Waals surface area contributed by atoms with Crippen molar-refractivity contribution in [3.05, 3.63) is 45.6 Å². The number of carbonyl (C=O) groups is 2. The van der Waals surface area contributed by atoms with Crippen molar-refractivity contribution in [2.24, 2.45) is 5.73 Å². The fraction of sp³-hybridized carbons (Fsp3) is 0.368. The molecule has 28 heavy (non-hydrogen) atoms. The van der Waals surface area contributed by atoms with Crippen molar-refractivity contribution < 1.29 is 23.8 Å². The number of urea groups is 1. The molecule has 0 radical (unpaired) electrons. The van der Waals surface area contributed by atoms with Gasteiger partial charge in [-0.15, -0.1) is 11.3 Å². The van der Waals surface area contributed by atoms with Crippen LogP contribution in [0.1, 0.15) is 20.8 Å². The van der Waals surface area contributed by atoms with Crippen molar-refractivity contribution in [3.8, 4) is 5.75 Å². The lowest BCUT2D eigenvalue weighted by atomic mass is 10.1. The number of methoxy groups -OCH3 is 1. The summed E-state index contributed by atoms with van der Waals surface area (Å²) in [5.41, 5.74) is 7.78. The molecule has 150 valence electrons. The Hall–Kier alpha value is -2.62. The van der Waals surface area contributed by atoms with Crippen LogP contribution >= 0.6 is 11.3 Å². The molecule has 1 aliphatic rings. The average molecular weight is 405 g/mol. The maximum Gasteiger partial charge on any atom is 0.350 e. The second kappa shape index (κ2) is 9.54. The molecule has 1 aliphatic heterocycles. The van der Waals surface area contributed by atoms with Gasteiger partial charge in [-0.3, -0.25) is 0 Å². The van der Waals surface area contributed by atoms with E-state index in [4.69, 9.17) is 19.9 Å². The van der Waals surface area contributed by atoms with E-state index in [9.17, 15) is 9.59 Å². The van der Waals surface area contributed by atoms with E-state index >= 15 is 0 Å². The van der Waals surface area contributed by atoms with Gasteiger partial charge in [0.2, 0.25) is 0 Å². The predicted octanol–water partition coefficient (Wildman–Crippen LogP) is 2.44. The van der Waals surface area contributed by atoms with Crippen LogP contribution in [0.2, 0.25) is 0 Å². The normalized spacial score (nSPS) is 13.3. The van der Waals surface area contributed by atoms with Crippen molar-refractivity contribution in [2.45, 2.75) is 13.2 Å². The number of nitrogens with one attached hydrogen (secondary N) is 1. The SMILES string of the molecule is COC(=O)c1sccc1NC(=O)N1CCOc2ccc(COCCN)cc2C1. The number of thiophene rings is 1. The maximum atomic E-state index is 12.8. The van der Waals surface area contributed by atoms with Crippen LogP contribution in [0.15, 0.2) is 29.6 Å². The van der Waals surface area contributed by atoms with Gasteiger partial charge in [0.1, 0.15) is 17.2 Å². The number of hydrogen-bond donors (Lipinski definition) is 2. The Labute approximate surface area is 167 Å². The van der Waals surface area contributed by atoms with Gasteiger partial charge in [-0.2, -0.15) is 0 Å². The third kappa shape index (κ3) is 4.80. The topological polar surface area (TPSA) is 103 Å². The highest BCUT2D eigenvalue weighted by molar-refractivity contribution is 7.12. The molecule has 0 spiro atoms. The van der Waals surface area contributed by atoms with Gasteiger partial charge in [-0.25, -0.2) is 9.59 Å². The van der Waals surface area contributed by atoms with E-state index in [0.29, 0.717) is 50.0 Å². The smallest absolute Gasteiger partial charge is 0.350 e. The van der Waals surface area contributed by atoms with Gasteiger partial charge in [0.25, 0.3) is 0 Å². The van der Waals surface area contributed by atoms with Crippen LogP contribution in [0.4, 0.5) is 10.5 Å². The van der Waals surface area contributed by atoms with Gasteiger partial charge < -0.3 is 30.2 Å². The number of anilines is 1. The van der Waals surface area contributed by atoms with E-state index in [1.807, 2.05) is 18.2 Å². The second-order valence-corrected chi connectivity index (χ2v) is 7.05. The Morgan fingerprint density at radius 3 is 3.00 bits per heavy atom. The molecule has 0 atom stereocenters. The number of carbonyl (C=O) groups excluding carboxylic acids is 2. The third-order valence-corrected chi connectivity index (χ3v) is 5.10. The fourth-order valence-corrected chi connectivity index (χ4v) is 3.60. The first-order valence-electron chi connectivity index (χ1n) is 8.86. The fourth-order valence-electron chi connectivity index (χ4n) is 2.84. The highest BCUT2D eigenvalue weighted by atomic mass is 32.1. The molecule has 0 saturated heterocycles. The standard InChI is InChI=1S/C19H23N3O5S/c1-25-18(23)17-15(4-9-28-17)21-19(24)22-6-8-27-16-3-2-13(10-14(16)11-22)12-26-7-5-20/h2-4,9-10H,5-8,11-12,20H2,1H3,(H,21,24). The van der Waals surface area contributed by atoms with Crippen molar-refractivity contribution >= 4 is 29.0 Å². The second-order valence-electron chi connectivity index (χ2n) is 6.14. The molecular weight excluding hydrogens is 382 g/mol. The molecule has 2 amide bonds. The van der Waals surface area contributed by atoms with Crippen molar-refractivity contribution in [3.63, 3.8) is 0 Å². The summed E-state index contributed by atoms with van der Waals surface area (Å²) in [7, 11) is 1.31. The van der Waals surface area contributed by atoms with Crippen LogP contribution in [0.3, 0.4) is 0 Å². The lowest BCUT2D eigenvalue weighted by molar-refractivity contribution is 0.0607. The maximum absolute atomic E-state index is 12.8. The van der Waals surface area contributed by atoms with E-state index in [1.165, 1.54) is 18.4 Å². The van der Waals surface area contributed by atoms with Gasteiger partial charge in [0.05, 0.1) is 39.1 Å². The Morgan fingerprint density at radius 2 is 2.21 bits per heavy atom. The Kier molecular flexibility index (Phi) is 6.85. The number of amides is 2. The van der Waals surface area contributed by atoms with Gasteiger partial charge in [0.15, 0.2) is 0 Å². The molecule has 2 aromatic rings. The highest BCUT2D eigenvalue weighted by Gasteiger charge is 2.22. The monoisotopic (exact) mass is 405 g/mol. The molecule has 0 fully saturated rings. The molecule has 1 aromatic carbocycles. The molecular formula is C19H23N3O5S.